The average Bonchev–Trinajstić information content (AvgIpc) is 2.40. The zero-order chi connectivity index (χ0) is 14.7. The second kappa shape index (κ2) is 6.02. The summed E-state index contributed by atoms with van der Waals surface area (Å²) >= 11 is 3.32. The molecule has 2 aromatic rings. The monoisotopic (exact) mass is 338 g/mol. The molecule has 0 spiro atoms. The third-order valence-corrected chi connectivity index (χ3v) is 3.05. The van der Waals surface area contributed by atoms with Crippen LogP contribution in [0, 0.1) is 0 Å². The van der Waals surface area contributed by atoms with Gasteiger partial charge in [0.2, 0.25) is 5.95 Å². The number of nitrogens with two attached hydrogens (primary N) is 2. The highest BCUT2D eigenvalue weighted by Crippen LogP contribution is 2.34. The molecule has 2 rings (SSSR count). The van der Waals surface area contributed by atoms with Gasteiger partial charge in [-0.25, -0.2) is 15.8 Å². The predicted octanol–water partition coefficient (Wildman–Crippen LogP) is 2.42. The van der Waals surface area contributed by atoms with Crippen molar-refractivity contribution in [1.82, 2.24) is 15.0 Å². The summed E-state index contributed by atoms with van der Waals surface area (Å²) in [5.74, 6) is 7.15. The molecule has 20 heavy (non-hydrogen) atoms. The topological polar surface area (TPSA) is 112 Å². The van der Waals surface area contributed by atoms with Crippen LogP contribution in [0.15, 0.2) is 23.1 Å². The quantitative estimate of drug-likeness (QED) is 0.445. The van der Waals surface area contributed by atoms with E-state index < -0.39 is 0 Å². The Hall–Kier alpha value is -1.93. The van der Waals surface area contributed by atoms with Crippen molar-refractivity contribution in [2.75, 3.05) is 11.2 Å². The summed E-state index contributed by atoms with van der Waals surface area (Å²) in [6.45, 7) is 4.11. The van der Waals surface area contributed by atoms with E-state index in [2.05, 4.69) is 50.2 Å². The molecular weight excluding hydrogens is 324 g/mol. The molecule has 0 unspecified atom stereocenters. The molecule has 7 nitrogen and oxygen atoms in total. The number of nitrogen functional groups attached to an aromatic ring is 2. The number of anilines is 2. The number of nitrogens with zero attached hydrogens (tertiary/aromatic N) is 3. The number of ether oxygens (including phenoxy) is 1. The van der Waals surface area contributed by atoms with Crippen LogP contribution in [0.1, 0.15) is 25.3 Å². The number of hydrogen-bond donors (Lipinski definition) is 3. The molecule has 0 atom stereocenters. The molecular formula is C12H15BrN6O. The van der Waals surface area contributed by atoms with E-state index in [4.69, 9.17) is 16.3 Å². The van der Waals surface area contributed by atoms with E-state index in [-0.39, 0.29) is 11.9 Å². The molecule has 8 heteroatoms. The fourth-order valence-corrected chi connectivity index (χ4v) is 1.94. The first-order valence-electron chi connectivity index (χ1n) is 5.93. The number of halogens is 1. The third-order valence-electron chi connectivity index (χ3n) is 2.61. The van der Waals surface area contributed by atoms with Crippen molar-refractivity contribution in [3.63, 3.8) is 0 Å². The Kier molecular flexibility index (Phi) is 4.35. The van der Waals surface area contributed by atoms with Crippen molar-refractivity contribution in [1.29, 1.82) is 0 Å². The van der Waals surface area contributed by atoms with Gasteiger partial charge in [-0.05, 0) is 21.8 Å². The Morgan fingerprint density at radius 1 is 1.25 bits per heavy atom. The zero-order valence-electron chi connectivity index (χ0n) is 11.1. The largest absolute Gasteiger partial charge is 0.451 e. The number of hydrogen-bond acceptors (Lipinski definition) is 7. The van der Waals surface area contributed by atoms with Crippen molar-refractivity contribution >= 4 is 27.7 Å². The SMILES string of the molecule is CC(C)c1cnc(Br)cc1Oc1cnc(N)nc1NN. The maximum atomic E-state index is 5.84. The van der Waals surface area contributed by atoms with E-state index in [0.717, 1.165) is 5.56 Å². The smallest absolute Gasteiger partial charge is 0.222 e. The minimum atomic E-state index is 0.116. The normalized spacial score (nSPS) is 10.7. The highest BCUT2D eigenvalue weighted by Gasteiger charge is 2.13. The Bertz CT molecular complexity index is 619. The summed E-state index contributed by atoms with van der Waals surface area (Å²) in [6.07, 6.45) is 3.23. The van der Waals surface area contributed by atoms with E-state index in [1.54, 1.807) is 12.3 Å². The van der Waals surface area contributed by atoms with Crippen LogP contribution in [0.25, 0.3) is 0 Å². The summed E-state index contributed by atoms with van der Waals surface area (Å²) in [7, 11) is 0. The van der Waals surface area contributed by atoms with Gasteiger partial charge >= 0.3 is 0 Å². The molecule has 2 aromatic heterocycles. The van der Waals surface area contributed by atoms with Gasteiger partial charge in [-0.1, -0.05) is 13.8 Å². The van der Waals surface area contributed by atoms with Gasteiger partial charge in [0.05, 0.1) is 6.20 Å². The second-order valence-electron chi connectivity index (χ2n) is 4.39. The Balaban J connectivity index is 2.41. The van der Waals surface area contributed by atoms with Crippen LogP contribution in [0.3, 0.4) is 0 Å². The van der Waals surface area contributed by atoms with E-state index >= 15 is 0 Å². The number of pyridine rings is 1. The highest BCUT2D eigenvalue weighted by atomic mass is 79.9. The number of nitrogens with one attached hydrogen (secondary N) is 1. The van der Waals surface area contributed by atoms with Crippen molar-refractivity contribution in [3.05, 3.63) is 28.6 Å². The minimum Gasteiger partial charge on any atom is -0.451 e. The Morgan fingerprint density at radius 3 is 2.65 bits per heavy atom. The number of aromatic nitrogens is 3. The van der Waals surface area contributed by atoms with Gasteiger partial charge in [-0.2, -0.15) is 4.98 Å². The molecule has 5 N–H and O–H groups in total. The molecule has 106 valence electrons. The van der Waals surface area contributed by atoms with E-state index in [0.29, 0.717) is 21.9 Å². The van der Waals surface area contributed by atoms with Crippen molar-refractivity contribution < 1.29 is 4.74 Å². The molecule has 0 radical (unpaired) electrons. The molecule has 0 saturated carbocycles. The molecule has 0 bridgehead atoms. The first kappa shape index (κ1) is 14.5. The van der Waals surface area contributed by atoms with Gasteiger partial charge in [0.25, 0.3) is 0 Å². The van der Waals surface area contributed by atoms with Crippen molar-refractivity contribution in [3.8, 4) is 11.5 Å². The van der Waals surface area contributed by atoms with E-state index in [9.17, 15) is 0 Å². The molecule has 2 heterocycles. The maximum Gasteiger partial charge on any atom is 0.222 e. The first-order chi connectivity index (χ1) is 9.51. The number of rotatable bonds is 4. The van der Waals surface area contributed by atoms with E-state index in [1.807, 2.05) is 0 Å². The maximum absolute atomic E-state index is 5.84. The van der Waals surface area contributed by atoms with Gasteiger partial charge in [0.15, 0.2) is 11.6 Å². The fraction of sp³-hybridized carbons (Fsp3) is 0.250. The molecule has 0 aromatic carbocycles. The summed E-state index contributed by atoms with van der Waals surface area (Å²) in [5, 5.41) is 0. The predicted molar refractivity (Wildman–Crippen MR) is 80.4 cm³/mol. The van der Waals surface area contributed by atoms with Gasteiger partial charge in [0.1, 0.15) is 10.4 Å². The second-order valence-corrected chi connectivity index (χ2v) is 5.20. The van der Waals surface area contributed by atoms with Crippen LogP contribution in [0.2, 0.25) is 0 Å². The highest BCUT2D eigenvalue weighted by molar-refractivity contribution is 9.10. The van der Waals surface area contributed by atoms with Crippen LogP contribution in [0.5, 0.6) is 11.5 Å². The lowest BCUT2D eigenvalue weighted by Crippen LogP contribution is -2.11. The number of hydrazine groups is 1. The lowest BCUT2D eigenvalue weighted by atomic mass is 10.1. The standard InChI is InChI=1S/C12H15BrN6O/c1-6(2)7-4-16-10(13)3-8(7)20-9-5-17-12(14)18-11(9)19-15/h3-6H,15H2,1-2H3,(H3,14,17,18,19). The average molecular weight is 339 g/mol. The molecule has 0 amide bonds. The molecule has 0 aliphatic rings. The summed E-state index contributed by atoms with van der Waals surface area (Å²) < 4.78 is 6.51. The van der Waals surface area contributed by atoms with Crippen LogP contribution < -0.4 is 21.7 Å². The van der Waals surface area contributed by atoms with Crippen LogP contribution >= 0.6 is 15.9 Å². The summed E-state index contributed by atoms with van der Waals surface area (Å²) in [4.78, 5) is 12.1. The van der Waals surface area contributed by atoms with Crippen molar-refractivity contribution in [2.45, 2.75) is 19.8 Å². The Labute approximate surface area is 124 Å². The van der Waals surface area contributed by atoms with Crippen molar-refractivity contribution in [2.24, 2.45) is 5.84 Å². The molecule has 0 aliphatic heterocycles. The summed E-state index contributed by atoms with van der Waals surface area (Å²) in [5.41, 5.74) is 8.91. The minimum absolute atomic E-state index is 0.116. The lowest BCUT2D eigenvalue weighted by molar-refractivity contribution is 0.469. The molecule has 0 aliphatic carbocycles. The van der Waals surface area contributed by atoms with Gasteiger partial charge < -0.3 is 15.9 Å². The van der Waals surface area contributed by atoms with Gasteiger partial charge in [0, 0.05) is 17.8 Å². The van der Waals surface area contributed by atoms with Crippen LogP contribution in [-0.4, -0.2) is 15.0 Å². The molecule has 0 fully saturated rings. The van der Waals surface area contributed by atoms with E-state index in [1.165, 1.54) is 6.20 Å². The van der Waals surface area contributed by atoms with Crippen LogP contribution in [-0.2, 0) is 0 Å². The van der Waals surface area contributed by atoms with Gasteiger partial charge in [-0.15, -0.1) is 0 Å². The third kappa shape index (κ3) is 3.14. The summed E-state index contributed by atoms with van der Waals surface area (Å²) in [6, 6.07) is 1.78. The molecule has 0 saturated heterocycles. The Morgan fingerprint density at radius 2 is 2.00 bits per heavy atom. The fourth-order valence-electron chi connectivity index (χ4n) is 1.63. The zero-order valence-corrected chi connectivity index (χ0v) is 12.7. The van der Waals surface area contributed by atoms with Gasteiger partial charge in [-0.3, -0.25) is 0 Å². The lowest BCUT2D eigenvalue weighted by Gasteiger charge is -2.15. The first-order valence-corrected chi connectivity index (χ1v) is 6.73. The van der Waals surface area contributed by atoms with Crippen LogP contribution in [0.4, 0.5) is 11.8 Å².